The number of aromatic nitrogens is 1. The molecule has 3 N–H and O–H groups in total. The van der Waals surface area contributed by atoms with Gasteiger partial charge >= 0.3 is 5.97 Å². The molecule has 1 heterocycles. The number of rotatable bonds is 4. The minimum atomic E-state index is -1.02. The Morgan fingerprint density at radius 3 is 2.75 bits per heavy atom. The van der Waals surface area contributed by atoms with E-state index in [2.05, 4.69) is 4.98 Å². The Morgan fingerprint density at radius 2 is 2.10 bits per heavy atom. The summed E-state index contributed by atoms with van der Waals surface area (Å²) in [5, 5.41) is 9.09. The van der Waals surface area contributed by atoms with Gasteiger partial charge in [-0.1, -0.05) is 6.07 Å². The third-order valence-corrected chi connectivity index (χ3v) is 3.05. The van der Waals surface area contributed by atoms with Crippen LogP contribution in [0.4, 0.5) is 11.4 Å². The highest BCUT2D eigenvalue weighted by Gasteiger charge is 2.11. The van der Waals surface area contributed by atoms with E-state index in [9.17, 15) is 4.79 Å². The van der Waals surface area contributed by atoms with E-state index in [4.69, 9.17) is 10.8 Å². The third-order valence-electron chi connectivity index (χ3n) is 3.05. The zero-order valence-electron chi connectivity index (χ0n) is 11.5. The molecule has 0 saturated heterocycles. The summed E-state index contributed by atoms with van der Waals surface area (Å²) < 4.78 is 0. The number of aromatic carboxylic acids is 1. The van der Waals surface area contributed by atoms with Crippen molar-refractivity contribution in [3.8, 4) is 0 Å². The number of pyridine rings is 1. The molecule has 2 aromatic rings. The van der Waals surface area contributed by atoms with E-state index in [0.29, 0.717) is 6.54 Å². The summed E-state index contributed by atoms with van der Waals surface area (Å²) in [6, 6.07) is 10.8. The van der Waals surface area contributed by atoms with Crippen LogP contribution in [-0.4, -0.2) is 23.1 Å². The molecule has 2 rings (SSSR count). The number of carboxylic acids is 1. The van der Waals surface area contributed by atoms with Crippen LogP contribution in [0.3, 0.4) is 0 Å². The number of nitrogens with zero attached hydrogens (tertiary/aromatic N) is 2. The van der Waals surface area contributed by atoms with Crippen molar-refractivity contribution in [2.24, 2.45) is 0 Å². The van der Waals surface area contributed by atoms with Crippen molar-refractivity contribution in [2.75, 3.05) is 17.7 Å². The predicted molar refractivity (Wildman–Crippen MR) is 78.9 cm³/mol. The molecule has 1 aromatic carbocycles. The van der Waals surface area contributed by atoms with E-state index in [-0.39, 0.29) is 11.3 Å². The molecule has 0 unspecified atom stereocenters. The number of nitrogen functional groups attached to an aromatic ring is 1. The summed E-state index contributed by atoms with van der Waals surface area (Å²) in [6.45, 7) is 2.54. The van der Waals surface area contributed by atoms with Crippen LogP contribution in [0.1, 0.15) is 21.7 Å². The minimum absolute atomic E-state index is 0.117. The highest BCUT2D eigenvalue weighted by Crippen LogP contribution is 2.21. The van der Waals surface area contributed by atoms with Crippen LogP contribution in [0.2, 0.25) is 0 Å². The van der Waals surface area contributed by atoms with Gasteiger partial charge in [0.25, 0.3) is 0 Å². The fourth-order valence-electron chi connectivity index (χ4n) is 1.99. The summed E-state index contributed by atoms with van der Waals surface area (Å²) in [5.41, 5.74) is 8.72. The number of hydrogen-bond donors (Lipinski definition) is 2. The Balaban J connectivity index is 2.23. The summed E-state index contributed by atoms with van der Waals surface area (Å²) in [5.74, 6) is -1.02. The van der Waals surface area contributed by atoms with Crippen molar-refractivity contribution in [2.45, 2.75) is 13.5 Å². The molecule has 1 aromatic heterocycles. The molecule has 0 saturated carbocycles. The summed E-state index contributed by atoms with van der Waals surface area (Å²) in [4.78, 5) is 17.5. The Hall–Kier alpha value is -2.56. The van der Waals surface area contributed by atoms with Gasteiger partial charge in [0.2, 0.25) is 0 Å². The number of anilines is 2. The van der Waals surface area contributed by atoms with Gasteiger partial charge in [-0.2, -0.15) is 0 Å². The van der Waals surface area contributed by atoms with Gasteiger partial charge in [0.15, 0.2) is 0 Å². The lowest BCUT2D eigenvalue weighted by Crippen LogP contribution is -2.18. The number of nitrogens with two attached hydrogens (primary N) is 1. The maximum atomic E-state index is 11.1. The molecule has 0 spiro atoms. The molecule has 0 radical (unpaired) electrons. The molecule has 0 aliphatic carbocycles. The summed E-state index contributed by atoms with van der Waals surface area (Å²) in [7, 11) is 1.89. The van der Waals surface area contributed by atoms with Gasteiger partial charge in [0.05, 0.1) is 17.8 Å². The normalized spacial score (nSPS) is 10.3. The molecule has 0 atom stereocenters. The maximum Gasteiger partial charge on any atom is 0.337 e. The highest BCUT2D eigenvalue weighted by atomic mass is 16.4. The van der Waals surface area contributed by atoms with Crippen molar-refractivity contribution < 1.29 is 9.90 Å². The fraction of sp³-hybridized carbons (Fsp3) is 0.200. The maximum absolute atomic E-state index is 11.1. The van der Waals surface area contributed by atoms with Gasteiger partial charge in [-0.25, -0.2) is 4.79 Å². The SMILES string of the molecule is Cc1cccc(CN(C)c2ccc(N)c(C(=O)O)c2)n1. The Labute approximate surface area is 117 Å². The lowest BCUT2D eigenvalue weighted by atomic mass is 10.1. The fourth-order valence-corrected chi connectivity index (χ4v) is 1.99. The second-order valence-corrected chi connectivity index (χ2v) is 4.70. The van der Waals surface area contributed by atoms with Gasteiger partial charge in [0.1, 0.15) is 0 Å². The molecule has 104 valence electrons. The number of carbonyl (C=O) groups is 1. The van der Waals surface area contributed by atoms with Gasteiger partial charge < -0.3 is 15.7 Å². The molecule has 0 amide bonds. The smallest absolute Gasteiger partial charge is 0.337 e. The van der Waals surface area contributed by atoms with Crippen LogP contribution >= 0.6 is 0 Å². The largest absolute Gasteiger partial charge is 0.478 e. The van der Waals surface area contributed by atoms with Crippen molar-refractivity contribution >= 4 is 17.3 Å². The standard InChI is InChI=1S/C15H17N3O2/c1-10-4-3-5-11(17-10)9-18(2)12-6-7-14(16)13(8-12)15(19)20/h3-8H,9,16H2,1-2H3,(H,19,20). The number of carboxylic acid groups (broad SMARTS) is 1. The second-order valence-electron chi connectivity index (χ2n) is 4.70. The average molecular weight is 271 g/mol. The van der Waals surface area contributed by atoms with Gasteiger partial charge in [-0.3, -0.25) is 4.98 Å². The van der Waals surface area contributed by atoms with E-state index in [0.717, 1.165) is 17.1 Å². The van der Waals surface area contributed by atoms with Gasteiger partial charge in [0, 0.05) is 24.1 Å². The molecule has 0 bridgehead atoms. The number of benzene rings is 1. The number of aryl methyl sites for hydroxylation is 1. The summed E-state index contributed by atoms with van der Waals surface area (Å²) in [6.07, 6.45) is 0. The molecule has 5 nitrogen and oxygen atoms in total. The van der Waals surface area contributed by atoms with Crippen LogP contribution < -0.4 is 10.6 Å². The zero-order chi connectivity index (χ0) is 14.7. The van der Waals surface area contributed by atoms with Crippen LogP contribution in [0.15, 0.2) is 36.4 Å². The number of hydrogen-bond acceptors (Lipinski definition) is 4. The highest BCUT2D eigenvalue weighted by molar-refractivity contribution is 5.94. The lowest BCUT2D eigenvalue weighted by molar-refractivity contribution is 0.0698. The Kier molecular flexibility index (Phi) is 3.89. The van der Waals surface area contributed by atoms with Gasteiger partial charge in [-0.05, 0) is 37.3 Å². The summed E-state index contributed by atoms with van der Waals surface area (Å²) >= 11 is 0. The van der Waals surface area contributed by atoms with E-state index in [1.807, 2.05) is 37.1 Å². The van der Waals surface area contributed by atoms with E-state index in [1.54, 1.807) is 18.2 Å². The lowest BCUT2D eigenvalue weighted by Gasteiger charge is -2.20. The zero-order valence-corrected chi connectivity index (χ0v) is 11.5. The van der Waals surface area contributed by atoms with Crippen LogP contribution in [0, 0.1) is 6.92 Å². The molecule has 0 aliphatic rings. The van der Waals surface area contributed by atoms with Crippen molar-refractivity contribution in [1.82, 2.24) is 4.98 Å². The first-order valence-corrected chi connectivity index (χ1v) is 6.24. The van der Waals surface area contributed by atoms with Crippen molar-refractivity contribution in [1.29, 1.82) is 0 Å². The third kappa shape index (κ3) is 3.06. The molecule has 0 aliphatic heterocycles. The van der Waals surface area contributed by atoms with Crippen molar-refractivity contribution in [3.63, 3.8) is 0 Å². The topological polar surface area (TPSA) is 79.5 Å². The van der Waals surface area contributed by atoms with Crippen LogP contribution in [0.5, 0.6) is 0 Å². The van der Waals surface area contributed by atoms with Gasteiger partial charge in [-0.15, -0.1) is 0 Å². The minimum Gasteiger partial charge on any atom is -0.478 e. The van der Waals surface area contributed by atoms with Crippen LogP contribution in [0.25, 0.3) is 0 Å². The molecular weight excluding hydrogens is 254 g/mol. The first-order chi connectivity index (χ1) is 9.47. The Bertz CT molecular complexity index is 641. The predicted octanol–water partition coefficient (Wildman–Crippen LogP) is 2.31. The van der Waals surface area contributed by atoms with Crippen molar-refractivity contribution in [3.05, 3.63) is 53.3 Å². The van der Waals surface area contributed by atoms with E-state index >= 15 is 0 Å². The average Bonchev–Trinajstić information content (AvgIpc) is 2.38. The molecular formula is C15H17N3O2. The second kappa shape index (κ2) is 5.61. The van der Waals surface area contributed by atoms with Crippen LogP contribution in [-0.2, 0) is 6.54 Å². The monoisotopic (exact) mass is 271 g/mol. The quantitative estimate of drug-likeness (QED) is 0.834. The van der Waals surface area contributed by atoms with E-state index in [1.165, 1.54) is 0 Å². The first kappa shape index (κ1) is 13.9. The molecule has 0 fully saturated rings. The molecule has 5 heteroatoms. The Morgan fingerprint density at radius 1 is 1.35 bits per heavy atom. The first-order valence-electron chi connectivity index (χ1n) is 6.24. The van der Waals surface area contributed by atoms with E-state index < -0.39 is 5.97 Å². The molecule has 20 heavy (non-hydrogen) atoms.